The average Bonchev–Trinajstić information content (AvgIpc) is 3.32. The van der Waals surface area contributed by atoms with Crippen molar-refractivity contribution in [3.63, 3.8) is 0 Å². The molecule has 1 spiro atoms. The molecule has 6 heteroatoms. The molecular formula is C30H33N5O. The Balaban J connectivity index is 1.23. The summed E-state index contributed by atoms with van der Waals surface area (Å²) in [7, 11) is 0. The van der Waals surface area contributed by atoms with Gasteiger partial charge in [0.25, 0.3) is 0 Å². The molecule has 0 amide bonds. The SMILES string of the molecule is NCc1c(-c2ccc(Oc3ccccc3)cc2)nn2c1NCCC21CCN(Cc2ccccc2)CC1. The van der Waals surface area contributed by atoms with Crippen LogP contribution in [0.5, 0.6) is 11.5 Å². The van der Waals surface area contributed by atoms with Crippen LogP contribution in [0.4, 0.5) is 5.82 Å². The van der Waals surface area contributed by atoms with Crippen molar-refractivity contribution >= 4 is 5.82 Å². The number of benzene rings is 3. The minimum absolute atomic E-state index is 0.0479. The van der Waals surface area contributed by atoms with Gasteiger partial charge in [-0.1, -0.05) is 48.5 Å². The van der Waals surface area contributed by atoms with Gasteiger partial charge < -0.3 is 15.8 Å². The quantitative estimate of drug-likeness (QED) is 0.376. The molecule has 0 bridgehead atoms. The summed E-state index contributed by atoms with van der Waals surface area (Å²) in [5.74, 6) is 2.73. The Morgan fingerprint density at radius 1 is 0.833 bits per heavy atom. The van der Waals surface area contributed by atoms with Gasteiger partial charge in [-0.15, -0.1) is 0 Å². The number of anilines is 1. The summed E-state index contributed by atoms with van der Waals surface area (Å²) in [4.78, 5) is 2.57. The highest BCUT2D eigenvalue weighted by Crippen LogP contribution is 2.42. The van der Waals surface area contributed by atoms with Gasteiger partial charge >= 0.3 is 0 Å². The van der Waals surface area contributed by atoms with E-state index in [2.05, 4.69) is 57.4 Å². The number of nitrogens with two attached hydrogens (primary N) is 1. The van der Waals surface area contributed by atoms with Crippen molar-refractivity contribution in [1.29, 1.82) is 0 Å². The van der Waals surface area contributed by atoms with Gasteiger partial charge in [0, 0.05) is 43.9 Å². The van der Waals surface area contributed by atoms with Crippen molar-refractivity contribution in [3.8, 4) is 22.8 Å². The van der Waals surface area contributed by atoms with E-state index < -0.39 is 0 Å². The molecule has 6 rings (SSSR count). The normalized spacial score (nSPS) is 16.9. The van der Waals surface area contributed by atoms with Gasteiger partial charge in [-0.2, -0.15) is 5.10 Å². The molecule has 1 aromatic heterocycles. The van der Waals surface area contributed by atoms with Crippen LogP contribution in [0.15, 0.2) is 84.9 Å². The third-order valence-corrected chi connectivity index (χ3v) is 7.66. The van der Waals surface area contributed by atoms with Gasteiger partial charge in [-0.3, -0.25) is 4.90 Å². The summed E-state index contributed by atoms with van der Waals surface area (Å²) in [5.41, 5.74) is 10.8. The first-order chi connectivity index (χ1) is 17.7. The molecule has 0 radical (unpaired) electrons. The predicted molar refractivity (Wildman–Crippen MR) is 144 cm³/mol. The maximum Gasteiger partial charge on any atom is 0.130 e. The van der Waals surface area contributed by atoms with Crippen LogP contribution in [0, 0.1) is 0 Å². The Morgan fingerprint density at radius 2 is 1.50 bits per heavy atom. The molecule has 1 fully saturated rings. The minimum Gasteiger partial charge on any atom is -0.457 e. The fourth-order valence-electron chi connectivity index (χ4n) is 5.66. The number of piperidine rings is 1. The van der Waals surface area contributed by atoms with Crippen molar-refractivity contribution in [3.05, 3.63) is 96.1 Å². The molecule has 0 atom stereocenters. The summed E-state index contributed by atoms with van der Waals surface area (Å²) in [6.07, 6.45) is 3.29. The number of hydrogen-bond acceptors (Lipinski definition) is 5. The Hall–Kier alpha value is -3.61. The number of fused-ring (bicyclic) bond motifs is 2. The number of nitrogens with one attached hydrogen (secondary N) is 1. The van der Waals surface area contributed by atoms with E-state index in [9.17, 15) is 0 Å². The van der Waals surface area contributed by atoms with Crippen LogP contribution in [-0.4, -0.2) is 34.3 Å². The largest absolute Gasteiger partial charge is 0.457 e. The first-order valence-electron chi connectivity index (χ1n) is 12.9. The highest BCUT2D eigenvalue weighted by Gasteiger charge is 2.41. The smallest absolute Gasteiger partial charge is 0.130 e. The first kappa shape index (κ1) is 22.8. The van der Waals surface area contributed by atoms with E-state index in [0.717, 1.165) is 79.6 Å². The summed E-state index contributed by atoms with van der Waals surface area (Å²) in [5, 5.41) is 8.83. The van der Waals surface area contributed by atoms with Crippen LogP contribution in [0.1, 0.15) is 30.4 Å². The lowest BCUT2D eigenvalue weighted by atomic mass is 9.83. The number of ether oxygens (including phenoxy) is 1. The fourth-order valence-corrected chi connectivity index (χ4v) is 5.66. The number of para-hydroxylation sites is 1. The van der Waals surface area contributed by atoms with Crippen molar-refractivity contribution in [2.24, 2.45) is 5.73 Å². The van der Waals surface area contributed by atoms with Crippen LogP contribution in [0.3, 0.4) is 0 Å². The Morgan fingerprint density at radius 3 is 2.19 bits per heavy atom. The third kappa shape index (κ3) is 4.38. The lowest BCUT2D eigenvalue weighted by Crippen LogP contribution is -2.49. The molecule has 0 unspecified atom stereocenters. The van der Waals surface area contributed by atoms with Crippen LogP contribution < -0.4 is 15.8 Å². The van der Waals surface area contributed by atoms with Gasteiger partial charge in [-0.05, 0) is 61.2 Å². The number of likely N-dealkylation sites (tertiary alicyclic amines) is 1. The number of nitrogens with zero attached hydrogens (tertiary/aromatic N) is 3. The average molecular weight is 480 g/mol. The lowest BCUT2D eigenvalue weighted by Gasteiger charge is -2.45. The Bertz CT molecular complexity index is 1290. The van der Waals surface area contributed by atoms with Crippen LogP contribution in [-0.2, 0) is 18.6 Å². The third-order valence-electron chi connectivity index (χ3n) is 7.66. The molecular weight excluding hydrogens is 446 g/mol. The number of aromatic nitrogens is 2. The standard InChI is InChI=1S/C30H33N5O/c31-21-27-28(24-11-13-26(14-12-24)36-25-9-5-2-6-10-25)33-35-29(27)32-18-15-30(35)16-19-34(20-17-30)22-23-7-3-1-4-8-23/h1-14,32H,15-22,31H2. The molecule has 3 heterocycles. The molecule has 2 aliphatic heterocycles. The zero-order valence-electron chi connectivity index (χ0n) is 20.6. The van der Waals surface area contributed by atoms with Crippen LogP contribution in [0.2, 0.25) is 0 Å². The molecule has 0 saturated carbocycles. The first-order valence-corrected chi connectivity index (χ1v) is 12.9. The minimum atomic E-state index is 0.0479. The van der Waals surface area contributed by atoms with E-state index in [1.165, 1.54) is 5.56 Å². The van der Waals surface area contributed by atoms with E-state index >= 15 is 0 Å². The zero-order valence-corrected chi connectivity index (χ0v) is 20.6. The molecule has 3 aromatic carbocycles. The summed E-state index contributed by atoms with van der Waals surface area (Å²) in [6.45, 7) is 4.58. The lowest BCUT2D eigenvalue weighted by molar-refractivity contribution is 0.0866. The molecule has 1 saturated heterocycles. The molecule has 3 N–H and O–H groups in total. The molecule has 6 nitrogen and oxygen atoms in total. The number of rotatable bonds is 6. The Kier molecular flexibility index (Phi) is 6.21. The van der Waals surface area contributed by atoms with Gasteiger partial charge in [0.2, 0.25) is 0 Å². The second kappa shape index (κ2) is 9.80. The second-order valence-electron chi connectivity index (χ2n) is 9.89. The van der Waals surface area contributed by atoms with Gasteiger partial charge in [0.15, 0.2) is 0 Å². The van der Waals surface area contributed by atoms with E-state index in [0.29, 0.717) is 6.54 Å². The van der Waals surface area contributed by atoms with Crippen LogP contribution >= 0.6 is 0 Å². The van der Waals surface area contributed by atoms with Gasteiger partial charge in [-0.25, -0.2) is 4.68 Å². The van der Waals surface area contributed by atoms with E-state index in [-0.39, 0.29) is 5.54 Å². The highest BCUT2D eigenvalue weighted by molar-refractivity contribution is 5.70. The molecule has 0 aliphatic carbocycles. The van der Waals surface area contributed by atoms with Crippen LogP contribution in [0.25, 0.3) is 11.3 Å². The maximum atomic E-state index is 6.29. The van der Waals surface area contributed by atoms with E-state index in [1.54, 1.807) is 0 Å². The molecule has 2 aliphatic rings. The van der Waals surface area contributed by atoms with Gasteiger partial charge in [0.1, 0.15) is 17.3 Å². The molecule has 36 heavy (non-hydrogen) atoms. The Labute approximate surface area is 212 Å². The topological polar surface area (TPSA) is 68.3 Å². The van der Waals surface area contributed by atoms with Crippen molar-refractivity contribution in [1.82, 2.24) is 14.7 Å². The van der Waals surface area contributed by atoms with E-state index in [4.69, 9.17) is 15.6 Å². The zero-order chi connectivity index (χ0) is 24.4. The molecule has 4 aromatic rings. The van der Waals surface area contributed by atoms with Gasteiger partial charge in [0.05, 0.1) is 11.2 Å². The van der Waals surface area contributed by atoms with E-state index in [1.807, 2.05) is 42.5 Å². The second-order valence-corrected chi connectivity index (χ2v) is 9.89. The maximum absolute atomic E-state index is 6.29. The summed E-state index contributed by atoms with van der Waals surface area (Å²) in [6, 6.07) is 28.8. The predicted octanol–water partition coefficient (Wildman–Crippen LogP) is 5.61. The molecule has 184 valence electrons. The van der Waals surface area contributed by atoms with Crippen molar-refractivity contribution < 1.29 is 4.74 Å². The number of hydrogen-bond donors (Lipinski definition) is 2. The summed E-state index contributed by atoms with van der Waals surface area (Å²) < 4.78 is 8.26. The van der Waals surface area contributed by atoms with Crippen molar-refractivity contribution in [2.45, 2.75) is 37.9 Å². The fraction of sp³-hybridized carbons (Fsp3) is 0.300. The summed E-state index contributed by atoms with van der Waals surface area (Å²) >= 11 is 0. The van der Waals surface area contributed by atoms with Crippen molar-refractivity contribution in [2.75, 3.05) is 25.0 Å². The highest BCUT2D eigenvalue weighted by atomic mass is 16.5. The monoisotopic (exact) mass is 479 g/mol.